The predicted molar refractivity (Wildman–Crippen MR) is 86.6 cm³/mol. The van der Waals surface area contributed by atoms with Gasteiger partial charge in [0.1, 0.15) is 12.1 Å². The number of piperazine rings is 2. The molecule has 2 saturated heterocycles. The normalized spacial score (nSPS) is 26.3. The summed E-state index contributed by atoms with van der Waals surface area (Å²) in [5, 5.41) is 2.90. The molecule has 2 amide bonds. The van der Waals surface area contributed by atoms with Gasteiger partial charge in [0.15, 0.2) is 0 Å². The lowest BCUT2D eigenvalue weighted by molar-refractivity contribution is -0.154. The summed E-state index contributed by atoms with van der Waals surface area (Å²) in [5.74, 6) is 0.195. The lowest BCUT2D eigenvalue weighted by atomic mass is 9.96. The number of hydrogen-bond acceptors (Lipinski definition) is 4. The third-order valence-corrected chi connectivity index (χ3v) is 5.44. The quantitative estimate of drug-likeness (QED) is 0.911. The fourth-order valence-corrected chi connectivity index (χ4v) is 4.14. The maximum Gasteiger partial charge on any atom is 0.246 e. The lowest BCUT2D eigenvalue weighted by Gasteiger charge is -2.46. The van der Waals surface area contributed by atoms with Crippen molar-refractivity contribution in [3.8, 4) is 0 Å². The molecule has 120 valence electrons. The fraction of sp³-hybridized carbons (Fsp3) is 0.625. The van der Waals surface area contributed by atoms with Crippen molar-refractivity contribution in [2.75, 3.05) is 19.6 Å². The van der Waals surface area contributed by atoms with E-state index in [0.29, 0.717) is 13.1 Å². The van der Waals surface area contributed by atoms with Gasteiger partial charge in [-0.05, 0) is 25.0 Å². The molecule has 0 unspecified atom stereocenters. The van der Waals surface area contributed by atoms with E-state index in [1.165, 1.54) is 9.75 Å². The van der Waals surface area contributed by atoms with Crippen LogP contribution in [0.25, 0.3) is 0 Å². The molecular formula is C16H23N3O2S. The molecule has 5 nitrogen and oxygen atoms in total. The van der Waals surface area contributed by atoms with E-state index in [0.717, 1.165) is 13.1 Å². The summed E-state index contributed by atoms with van der Waals surface area (Å²) in [6.45, 7) is 9.00. The monoisotopic (exact) mass is 321 g/mol. The van der Waals surface area contributed by atoms with Crippen LogP contribution in [0.2, 0.25) is 0 Å². The predicted octanol–water partition coefficient (Wildman–Crippen LogP) is 1.22. The zero-order valence-electron chi connectivity index (χ0n) is 13.3. The van der Waals surface area contributed by atoms with E-state index in [9.17, 15) is 9.59 Å². The topological polar surface area (TPSA) is 52.6 Å². The van der Waals surface area contributed by atoms with E-state index in [2.05, 4.69) is 29.3 Å². The average Bonchev–Trinajstić information content (AvgIpc) is 2.87. The Hall–Kier alpha value is -1.40. The van der Waals surface area contributed by atoms with Crippen LogP contribution < -0.4 is 5.32 Å². The number of fused-ring (bicyclic) bond motifs is 1. The Morgan fingerprint density at radius 1 is 1.32 bits per heavy atom. The van der Waals surface area contributed by atoms with Crippen LogP contribution in [-0.2, 0) is 16.1 Å². The Balaban J connectivity index is 1.68. The molecule has 0 spiro atoms. The highest BCUT2D eigenvalue weighted by Crippen LogP contribution is 2.22. The maximum atomic E-state index is 12.5. The second-order valence-corrected chi connectivity index (χ2v) is 7.90. The molecule has 0 bridgehead atoms. The Labute approximate surface area is 135 Å². The van der Waals surface area contributed by atoms with Crippen LogP contribution in [0.5, 0.6) is 0 Å². The van der Waals surface area contributed by atoms with Crippen molar-refractivity contribution in [1.82, 2.24) is 15.1 Å². The number of carbonyl (C=O) groups is 2. The highest BCUT2D eigenvalue weighted by atomic mass is 32.1. The molecule has 1 aromatic rings. The number of nitrogens with one attached hydrogen (secondary N) is 1. The van der Waals surface area contributed by atoms with Crippen LogP contribution >= 0.6 is 11.3 Å². The number of rotatable bonds is 3. The highest BCUT2D eigenvalue weighted by Gasteiger charge is 2.44. The third kappa shape index (κ3) is 2.90. The summed E-state index contributed by atoms with van der Waals surface area (Å²) in [5.41, 5.74) is 0. The zero-order chi connectivity index (χ0) is 15.9. The Morgan fingerprint density at radius 2 is 2.09 bits per heavy atom. The number of nitrogens with zero attached hydrogens (tertiary/aromatic N) is 2. The summed E-state index contributed by atoms with van der Waals surface area (Å²) in [7, 11) is 0. The van der Waals surface area contributed by atoms with Crippen LogP contribution in [0.3, 0.4) is 0 Å². The number of carbonyl (C=O) groups excluding carboxylic acids is 2. The molecule has 2 aliphatic rings. The van der Waals surface area contributed by atoms with Gasteiger partial charge >= 0.3 is 0 Å². The van der Waals surface area contributed by atoms with Crippen molar-refractivity contribution in [2.45, 2.75) is 39.4 Å². The van der Waals surface area contributed by atoms with Crippen LogP contribution in [-0.4, -0.2) is 53.3 Å². The minimum Gasteiger partial charge on any atom is -0.342 e. The minimum absolute atomic E-state index is 0.00893. The molecule has 0 aliphatic carbocycles. The first kappa shape index (κ1) is 15.5. The molecular weight excluding hydrogens is 298 g/mol. The van der Waals surface area contributed by atoms with Crippen molar-refractivity contribution < 1.29 is 9.59 Å². The molecule has 6 heteroatoms. The first-order valence-electron chi connectivity index (χ1n) is 7.84. The number of aryl methyl sites for hydroxylation is 1. The zero-order valence-corrected chi connectivity index (χ0v) is 14.2. The standard InChI is InChI=1S/C16H23N3O2S/c1-10(2)14-16(21)19-7-6-18(9-13(19)15(20)17-14)8-12-5-4-11(3)22-12/h4-5,10,13-14H,6-9H2,1-3H3,(H,17,20)/t13-,14-/m1/s1. The van der Waals surface area contributed by atoms with Crippen molar-refractivity contribution in [1.29, 1.82) is 0 Å². The highest BCUT2D eigenvalue weighted by molar-refractivity contribution is 7.11. The molecule has 1 aromatic heterocycles. The van der Waals surface area contributed by atoms with Gasteiger partial charge in [-0.15, -0.1) is 11.3 Å². The second kappa shape index (κ2) is 6.01. The Bertz CT molecular complexity index is 584. The van der Waals surface area contributed by atoms with Crippen molar-refractivity contribution in [3.63, 3.8) is 0 Å². The van der Waals surface area contributed by atoms with Crippen molar-refractivity contribution >= 4 is 23.2 Å². The van der Waals surface area contributed by atoms with E-state index < -0.39 is 0 Å². The number of hydrogen-bond donors (Lipinski definition) is 1. The molecule has 2 fully saturated rings. The van der Waals surface area contributed by atoms with Gasteiger partial charge in [0.2, 0.25) is 11.8 Å². The molecule has 2 atom stereocenters. The van der Waals surface area contributed by atoms with Gasteiger partial charge in [-0.3, -0.25) is 14.5 Å². The van der Waals surface area contributed by atoms with Gasteiger partial charge in [0, 0.05) is 35.9 Å². The van der Waals surface area contributed by atoms with Crippen molar-refractivity contribution in [3.05, 3.63) is 21.9 Å². The van der Waals surface area contributed by atoms with Crippen LogP contribution in [0.1, 0.15) is 23.6 Å². The van der Waals surface area contributed by atoms with E-state index in [1.807, 2.05) is 13.8 Å². The molecule has 0 aromatic carbocycles. The number of amides is 2. The summed E-state index contributed by atoms with van der Waals surface area (Å²) < 4.78 is 0. The Morgan fingerprint density at radius 3 is 2.73 bits per heavy atom. The molecule has 3 rings (SSSR count). The summed E-state index contributed by atoms with van der Waals surface area (Å²) in [6.07, 6.45) is 0. The van der Waals surface area contributed by atoms with Crippen LogP contribution in [0, 0.1) is 12.8 Å². The van der Waals surface area contributed by atoms with E-state index >= 15 is 0 Å². The summed E-state index contributed by atoms with van der Waals surface area (Å²) in [4.78, 5) is 31.5. The van der Waals surface area contributed by atoms with E-state index in [1.54, 1.807) is 16.2 Å². The maximum absolute atomic E-state index is 12.5. The fourth-order valence-electron chi connectivity index (χ4n) is 3.20. The molecule has 0 saturated carbocycles. The first-order chi connectivity index (χ1) is 10.5. The van der Waals surface area contributed by atoms with Gasteiger partial charge in [-0.2, -0.15) is 0 Å². The first-order valence-corrected chi connectivity index (χ1v) is 8.66. The molecule has 1 N–H and O–H groups in total. The van der Waals surface area contributed by atoms with Gasteiger partial charge in [-0.25, -0.2) is 0 Å². The molecule has 2 aliphatic heterocycles. The van der Waals surface area contributed by atoms with Crippen LogP contribution in [0.15, 0.2) is 12.1 Å². The van der Waals surface area contributed by atoms with Gasteiger partial charge in [-0.1, -0.05) is 13.8 Å². The number of thiophene rings is 1. The minimum atomic E-state index is -0.366. The largest absolute Gasteiger partial charge is 0.342 e. The molecule has 0 radical (unpaired) electrons. The third-order valence-electron chi connectivity index (χ3n) is 4.46. The molecule has 3 heterocycles. The van der Waals surface area contributed by atoms with Gasteiger partial charge in [0.25, 0.3) is 0 Å². The van der Waals surface area contributed by atoms with E-state index in [-0.39, 0.29) is 29.8 Å². The van der Waals surface area contributed by atoms with Crippen LogP contribution in [0.4, 0.5) is 0 Å². The average molecular weight is 321 g/mol. The Kier molecular flexibility index (Phi) is 4.23. The van der Waals surface area contributed by atoms with E-state index in [4.69, 9.17) is 0 Å². The second-order valence-electron chi connectivity index (χ2n) is 6.53. The van der Waals surface area contributed by atoms with Crippen molar-refractivity contribution in [2.24, 2.45) is 5.92 Å². The SMILES string of the molecule is Cc1ccc(CN2CCN3C(=O)[C@@H](C(C)C)NC(=O)[C@H]3C2)s1. The summed E-state index contributed by atoms with van der Waals surface area (Å²) >= 11 is 1.79. The lowest BCUT2D eigenvalue weighted by Crippen LogP contribution is -2.69. The van der Waals surface area contributed by atoms with Gasteiger partial charge < -0.3 is 10.2 Å². The molecule has 22 heavy (non-hydrogen) atoms. The van der Waals surface area contributed by atoms with Gasteiger partial charge in [0.05, 0.1) is 0 Å². The smallest absolute Gasteiger partial charge is 0.246 e. The summed E-state index contributed by atoms with van der Waals surface area (Å²) in [6, 6.07) is 3.57.